The van der Waals surface area contributed by atoms with Gasteiger partial charge in [-0.2, -0.15) is 5.26 Å². The van der Waals surface area contributed by atoms with E-state index < -0.39 is 0 Å². The average molecular weight is 456 g/mol. The molecule has 3 aromatic rings. The van der Waals surface area contributed by atoms with Crippen LogP contribution in [0.4, 0.5) is 0 Å². The van der Waals surface area contributed by atoms with Crippen LogP contribution in [0.25, 0.3) is 0 Å². The first-order valence-corrected chi connectivity index (χ1v) is 12.1. The van der Waals surface area contributed by atoms with Gasteiger partial charge in [0.25, 0.3) is 5.91 Å². The fourth-order valence-electron chi connectivity index (χ4n) is 5.00. The molecule has 7 heteroatoms. The van der Waals surface area contributed by atoms with Crippen LogP contribution in [0.2, 0.25) is 0 Å². The number of nitriles is 1. The molecule has 5 rings (SSSR count). The smallest absolute Gasteiger partial charge is 0.254 e. The number of rotatable bonds is 5. The maximum atomic E-state index is 13.4. The predicted octanol–water partition coefficient (Wildman–Crippen LogP) is 4.47. The zero-order chi connectivity index (χ0) is 23.3. The van der Waals surface area contributed by atoms with Crippen LogP contribution in [0.1, 0.15) is 71.2 Å². The van der Waals surface area contributed by atoms with Crippen LogP contribution in [-0.4, -0.2) is 38.7 Å². The van der Waals surface area contributed by atoms with Crippen molar-refractivity contribution in [2.75, 3.05) is 13.1 Å². The highest BCUT2D eigenvalue weighted by atomic mass is 16.5. The molecular weight excluding hydrogens is 426 g/mol. The standard InChI is InChI=1S/C27H29N5O2/c28-17-21-8-3-4-9-23(21)19-34-24-12-6-10-20(16-24)27(33)31-14-7-11-22(18-31)26-30-29-25-13-2-1-5-15-32(25)26/h3-4,6,8-10,12,16,22H,1-2,5,7,11,13-15,18-19H2. The van der Waals surface area contributed by atoms with E-state index in [-0.39, 0.29) is 18.4 Å². The van der Waals surface area contributed by atoms with Crippen molar-refractivity contribution in [3.05, 3.63) is 76.9 Å². The van der Waals surface area contributed by atoms with Crippen molar-refractivity contribution < 1.29 is 9.53 Å². The number of amides is 1. The number of likely N-dealkylation sites (tertiary alicyclic amines) is 1. The summed E-state index contributed by atoms with van der Waals surface area (Å²) in [5, 5.41) is 18.3. The number of ether oxygens (including phenoxy) is 1. The van der Waals surface area contributed by atoms with Crippen molar-refractivity contribution in [3.63, 3.8) is 0 Å². The summed E-state index contributed by atoms with van der Waals surface area (Å²) in [6, 6.07) is 16.9. The zero-order valence-electron chi connectivity index (χ0n) is 19.3. The molecule has 0 spiro atoms. The first-order valence-electron chi connectivity index (χ1n) is 12.1. The van der Waals surface area contributed by atoms with Crippen molar-refractivity contribution >= 4 is 5.91 Å². The first kappa shape index (κ1) is 22.1. The minimum Gasteiger partial charge on any atom is -0.489 e. The normalized spacial score (nSPS) is 18.0. The quantitative estimate of drug-likeness (QED) is 0.567. The molecule has 1 saturated heterocycles. The van der Waals surface area contributed by atoms with Crippen molar-refractivity contribution in [2.45, 2.75) is 57.6 Å². The summed E-state index contributed by atoms with van der Waals surface area (Å²) >= 11 is 0. The molecule has 1 fully saturated rings. The Morgan fingerprint density at radius 2 is 1.97 bits per heavy atom. The van der Waals surface area contributed by atoms with Gasteiger partial charge in [-0.1, -0.05) is 30.7 Å². The molecule has 2 aromatic carbocycles. The van der Waals surface area contributed by atoms with E-state index in [2.05, 4.69) is 20.8 Å². The SMILES string of the molecule is N#Cc1ccccc1COc1cccc(C(=O)N2CCCC(c3nnc4n3CCCCC4)C2)c1. The number of aromatic nitrogens is 3. The van der Waals surface area contributed by atoms with Gasteiger partial charge >= 0.3 is 0 Å². The summed E-state index contributed by atoms with van der Waals surface area (Å²) in [5.74, 6) is 3.00. The van der Waals surface area contributed by atoms with E-state index >= 15 is 0 Å². The molecule has 2 aliphatic rings. The number of piperidine rings is 1. The monoisotopic (exact) mass is 455 g/mol. The van der Waals surface area contributed by atoms with Crippen LogP contribution in [0, 0.1) is 11.3 Å². The van der Waals surface area contributed by atoms with Gasteiger partial charge in [-0.25, -0.2) is 0 Å². The van der Waals surface area contributed by atoms with Gasteiger partial charge in [0.15, 0.2) is 0 Å². The maximum absolute atomic E-state index is 13.4. The number of aryl methyl sites for hydroxylation is 1. The molecule has 3 heterocycles. The highest BCUT2D eigenvalue weighted by Gasteiger charge is 2.30. The van der Waals surface area contributed by atoms with E-state index in [1.165, 1.54) is 19.3 Å². The number of nitrogens with zero attached hydrogens (tertiary/aromatic N) is 5. The summed E-state index contributed by atoms with van der Waals surface area (Å²) in [5.41, 5.74) is 2.04. The molecule has 1 aromatic heterocycles. The summed E-state index contributed by atoms with van der Waals surface area (Å²) in [6.45, 7) is 2.68. The van der Waals surface area contributed by atoms with Crippen LogP contribution < -0.4 is 4.74 Å². The molecule has 0 radical (unpaired) electrons. The van der Waals surface area contributed by atoms with Gasteiger partial charge in [-0.3, -0.25) is 4.79 Å². The van der Waals surface area contributed by atoms with Gasteiger partial charge in [0.05, 0.1) is 11.6 Å². The number of carbonyl (C=O) groups excluding carboxylic acids is 1. The Morgan fingerprint density at radius 1 is 1.06 bits per heavy atom. The molecule has 1 atom stereocenters. The van der Waals surface area contributed by atoms with Gasteiger partial charge in [-0.05, 0) is 49.9 Å². The van der Waals surface area contributed by atoms with Crippen LogP contribution in [0.5, 0.6) is 5.75 Å². The second-order valence-corrected chi connectivity index (χ2v) is 9.11. The van der Waals surface area contributed by atoms with Crippen molar-refractivity contribution in [3.8, 4) is 11.8 Å². The van der Waals surface area contributed by atoms with Crippen LogP contribution in [0.15, 0.2) is 48.5 Å². The lowest BCUT2D eigenvalue weighted by Crippen LogP contribution is -2.39. The molecule has 34 heavy (non-hydrogen) atoms. The molecule has 0 aliphatic carbocycles. The van der Waals surface area contributed by atoms with E-state index in [1.54, 1.807) is 12.1 Å². The lowest BCUT2D eigenvalue weighted by molar-refractivity contribution is 0.0702. The Labute approximate surface area is 200 Å². The van der Waals surface area contributed by atoms with Gasteiger partial charge in [0.2, 0.25) is 0 Å². The molecule has 2 aliphatic heterocycles. The molecule has 0 N–H and O–H groups in total. The van der Waals surface area contributed by atoms with E-state index in [9.17, 15) is 10.1 Å². The number of fused-ring (bicyclic) bond motifs is 1. The maximum Gasteiger partial charge on any atom is 0.254 e. The molecular formula is C27H29N5O2. The molecule has 0 bridgehead atoms. The third-order valence-corrected chi connectivity index (χ3v) is 6.83. The zero-order valence-corrected chi connectivity index (χ0v) is 19.3. The number of hydrogen-bond donors (Lipinski definition) is 0. The topological polar surface area (TPSA) is 84.0 Å². The van der Waals surface area contributed by atoms with E-state index in [1.807, 2.05) is 41.3 Å². The van der Waals surface area contributed by atoms with E-state index in [0.717, 1.165) is 49.6 Å². The summed E-state index contributed by atoms with van der Waals surface area (Å²) in [6.07, 6.45) is 6.56. The average Bonchev–Trinajstić information content (AvgIpc) is 3.15. The third kappa shape index (κ3) is 4.67. The minimum atomic E-state index is 0.0168. The lowest BCUT2D eigenvalue weighted by atomic mass is 9.96. The number of benzene rings is 2. The van der Waals surface area contributed by atoms with Gasteiger partial charge in [0, 0.05) is 43.1 Å². The molecule has 174 valence electrons. The van der Waals surface area contributed by atoms with Crippen molar-refractivity contribution in [2.24, 2.45) is 0 Å². The highest BCUT2D eigenvalue weighted by molar-refractivity contribution is 5.94. The fourth-order valence-corrected chi connectivity index (χ4v) is 5.00. The predicted molar refractivity (Wildman–Crippen MR) is 127 cm³/mol. The molecule has 7 nitrogen and oxygen atoms in total. The molecule has 1 amide bonds. The molecule has 0 saturated carbocycles. The van der Waals surface area contributed by atoms with Crippen molar-refractivity contribution in [1.29, 1.82) is 5.26 Å². The van der Waals surface area contributed by atoms with Gasteiger partial charge in [0.1, 0.15) is 24.0 Å². The lowest BCUT2D eigenvalue weighted by Gasteiger charge is -2.32. The Morgan fingerprint density at radius 3 is 2.88 bits per heavy atom. The fraction of sp³-hybridized carbons (Fsp3) is 0.407. The minimum absolute atomic E-state index is 0.0168. The summed E-state index contributed by atoms with van der Waals surface area (Å²) in [4.78, 5) is 15.3. The Hall–Kier alpha value is -3.66. The van der Waals surface area contributed by atoms with Crippen LogP contribution in [0.3, 0.4) is 0 Å². The second kappa shape index (κ2) is 10.1. The Kier molecular flexibility index (Phi) is 6.57. The van der Waals surface area contributed by atoms with E-state index in [4.69, 9.17) is 4.74 Å². The van der Waals surface area contributed by atoms with Crippen LogP contribution in [-0.2, 0) is 19.6 Å². The number of carbonyl (C=O) groups is 1. The van der Waals surface area contributed by atoms with Crippen molar-refractivity contribution in [1.82, 2.24) is 19.7 Å². The summed E-state index contributed by atoms with van der Waals surface area (Å²) < 4.78 is 8.23. The highest BCUT2D eigenvalue weighted by Crippen LogP contribution is 2.29. The summed E-state index contributed by atoms with van der Waals surface area (Å²) in [7, 11) is 0. The van der Waals surface area contributed by atoms with Gasteiger partial charge in [-0.15, -0.1) is 10.2 Å². The van der Waals surface area contributed by atoms with Crippen LogP contribution >= 0.6 is 0 Å². The first-order chi connectivity index (χ1) is 16.7. The Balaban J connectivity index is 1.27. The van der Waals surface area contributed by atoms with Gasteiger partial charge < -0.3 is 14.2 Å². The second-order valence-electron chi connectivity index (χ2n) is 9.11. The van der Waals surface area contributed by atoms with E-state index in [0.29, 0.717) is 23.4 Å². The third-order valence-electron chi connectivity index (χ3n) is 6.83. The molecule has 1 unspecified atom stereocenters. The Bertz CT molecular complexity index is 1210. The number of hydrogen-bond acceptors (Lipinski definition) is 5. The largest absolute Gasteiger partial charge is 0.489 e.